The minimum Gasteiger partial charge on any atom is -0.466 e. The van der Waals surface area contributed by atoms with Gasteiger partial charge in [-0.3, -0.25) is 14.4 Å². The second kappa shape index (κ2) is 9.97. The molecule has 0 aromatic heterocycles. The highest BCUT2D eigenvalue weighted by atomic mass is 79.9. The maximum absolute atomic E-state index is 14.2. The molecule has 1 N–H and O–H groups in total. The number of alkyl halides is 1. The second-order valence-electron chi connectivity index (χ2n) is 8.71. The Labute approximate surface area is 211 Å². The number of anilines is 1. The highest BCUT2D eigenvalue weighted by Gasteiger charge is 2.77. The molecule has 8 nitrogen and oxygen atoms in total. The molecule has 3 heterocycles. The fourth-order valence-electron chi connectivity index (χ4n) is 5.65. The fourth-order valence-corrected chi connectivity index (χ4v) is 6.83. The summed E-state index contributed by atoms with van der Waals surface area (Å²) in [6, 6.07) is 5.98. The number of ether oxygens (including phenoxy) is 2. The lowest BCUT2D eigenvalue weighted by Crippen LogP contribution is -2.57. The number of carbonyl (C=O) groups excluding carboxylic acids is 3. The van der Waals surface area contributed by atoms with E-state index in [1.807, 2.05) is 0 Å². The number of benzene rings is 1. The van der Waals surface area contributed by atoms with Crippen LogP contribution in [0.3, 0.4) is 0 Å². The zero-order chi connectivity index (χ0) is 24.6. The van der Waals surface area contributed by atoms with Crippen LogP contribution in [0.2, 0.25) is 5.02 Å². The first-order chi connectivity index (χ1) is 16.3. The summed E-state index contributed by atoms with van der Waals surface area (Å²) in [5.41, 5.74) is -0.700. The highest BCUT2D eigenvalue weighted by Crippen LogP contribution is 2.60. The topological polar surface area (TPSA) is 96.4 Å². The van der Waals surface area contributed by atoms with Crippen molar-refractivity contribution in [3.05, 3.63) is 41.9 Å². The molecule has 3 unspecified atom stereocenters. The normalized spacial score (nSPS) is 31.5. The molecule has 184 valence electrons. The van der Waals surface area contributed by atoms with Crippen LogP contribution in [0.15, 0.2) is 36.9 Å². The first kappa shape index (κ1) is 25.2. The van der Waals surface area contributed by atoms with Crippen molar-refractivity contribution in [2.45, 2.75) is 42.3 Å². The third-order valence-corrected chi connectivity index (χ3v) is 8.02. The summed E-state index contributed by atoms with van der Waals surface area (Å²) in [7, 11) is 0. The largest absolute Gasteiger partial charge is 0.466 e. The minimum atomic E-state index is -1.19. The lowest BCUT2D eigenvalue weighted by atomic mass is 9.70. The molecule has 3 aliphatic rings. The molecule has 3 fully saturated rings. The van der Waals surface area contributed by atoms with Crippen LogP contribution in [0.25, 0.3) is 0 Å². The number of carbonyl (C=O) groups is 3. The zero-order valence-electron chi connectivity index (χ0n) is 18.9. The summed E-state index contributed by atoms with van der Waals surface area (Å²) in [4.78, 5) is 43.6. The SMILES string of the molecule is C=CCN(C(=O)C1N(CCCO)C(=O)[C@@H]2[C@@H](C(=O)OCC)[C@@H]3OC12CC3Br)c1ccccc1Cl. The molecule has 1 aromatic rings. The molecule has 2 bridgehead atoms. The van der Waals surface area contributed by atoms with Crippen LogP contribution in [0.4, 0.5) is 5.69 Å². The summed E-state index contributed by atoms with van der Waals surface area (Å²) < 4.78 is 11.7. The average Bonchev–Trinajstić information content (AvgIpc) is 3.40. The van der Waals surface area contributed by atoms with Crippen LogP contribution in [-0.2, 0) is 23.9 Å². The average molecular weight is 556 g/mol. The van der Waals surface area contributed by atoms with Gasteiger partial charge in [0, 0.05) is 24.5 Å². The fraction of sp³-hybridized carbons (Fsp3) is 0.542. The number of aliphatic hydroxyl groups is 1. The number of amides is 2. The quantitative estimate of drug-likeness (QED) is 0.286. The molecule has 6 atom stereocenters. The van der Waals surface area contributed by atoms with Crippen LogP contribution in [-0.4, -0.2) is 76.7 Å². The molecule has 0 saturated carbocycles. The van der Waals surface area contributed by atoms with Gasteiger partial charge >= 0.3 is 5.97 Å². The lowest BCUT2D eigenvalue weighted by Gasteiger charge is -2.37. The smallest absolute Gasteiger partial charge is 0.312 e. The van der Waals surface area contributed by atoms with Crippen molar-refractivity contribution < 1.29 is 29.0 Å². The maximum atomic E-state index is 14.2. The van der Waals surface area contributed by atoms with E-state index in [0.717, 1.165) is 0 Å². The Hall–Kier alpha value is -1.94. The number of rotatable bonds is 9. The molecule has 4 rings (SSSR count). The van der Waals surface area contributed by atoms with Crippen LogP contribution in [0.1, 0.15) is 19.8 Å². The molecule has 10 heteroatoms. The summed E-state index contributed by atoms with van der Waals surface area (Å²) in [6.45, 7) is 5.85. The van der Waals surface area contributed by atoms with E-state index in [9.17, 15) is 19.5 Å². The van der Waals surface area contributed by atoms with Crippen molar-refractivity contribution >= 4 is 51.0 Å². The number of nitrogens with zero attached hydrogens (tertiary/aromatic N) is 2. The molecule has 3 saturated heterocycles. The van der Waals surface area contributed by atoms with Gasteiger partial charge in [-0.1, -0.05) is 45.7 Å². The third-order valence-electron chi connectivity index (χ3n) is 6.86. The monoisotopic (exact) mass is 554 g/mol. The van der Waals surface area contributed by atoms with E-state index < -0.39 is 35.6 Å². The first-order valence-corrected chi connectivity index (χ1v) is 12.7. The van der Waals surface area contributed by atoms with Gasteiger partial charge in [0.05, 0.1) is 35.3 Å². The van der Waals surface area contributed by atoms with Crippen molar-refractivity contribution in [2.75, 3.05) is 31.2 Å². The summed E-state index contributed by atoms with van der Waals surface area (Å²) in [5, 5.41) is 9.84. The lowest BCUT2D eigenvalue weighted by molar-refractivity contribution is -0.154. The number of likely N-dealkylation sites (tertiary alicyclic amines) is 1. The summed E-state index contributed by atoms with van der Waals surface area (Å²) in [6.07, 6.45) is 1.70. The van der Waals surface area contributed by atoms with Gasteiger partial charge in [-0.2, -0.15) is 0 Å². The first-order valence-electron chi connectivity index (χ1n) is 11.4. The van der Waals surface area contributed by atoms with Crippen LogP contribution in [0, 0.1) is 11.8 Å². The predicted octanol–water partition coefficient (Wildman–Crippen LogP) is 2.55. The molecule has 0 aliphatic carbocycles. The number of aliphatic hydroxyl groups excluding tert-OH is 1. The van der Waals surface area contributed by atoms with E-state index in [1.165, 1.54) is 9.80 Å². The van der Waals surface area contributed by atoms with E-state index in [2.05, 4.69) is 22.5 Å². The molecule has 3 aliphatic heterocycles. The number of hydrogen-bond donors (Lipinski definition) is 1. The van der Waals surface area contributed by atoms with Crippen molar-refractivity contribution in [2.24, 2.45) is 11.8 Å². The summed E-state index contributed by atoms with van der Waals surface area (Å²) in [5.74, 6) is -2.85. The Morgan fingerprint density at radius 1 is 1.44 bits per heavy atom. The van der Waals surface area contributed by atoms with Crippen LogP contribution in [0.5, 0.6) is 0 Å². The Morgan fingerprint density at radius 3 is 2.82 bits per heavy atom. The predicted molar refractivity (Wildman–Crippen MR) is 130 cm³/mol. The van der Waals surface area contributed by atoms with Crippen molar-refractivity contribution in [1.29, 1.82) is 0 Å². The number of fused-ring (bicyclic) bond motifs is 1. The Morgan fingerprint density at radius 2 is 2.18 bits per heavy atom. The van der Waals surface area contributed by atoms with Gasteiger partial charge in [-0.15, -0.1) is 6.58 Å². The van der Waals surface area contributed by atoms with Gasteiger partial charge in [0.25, 0.3) is 5.91 Å². The number of para-hydroxylation sites is 1. The van der Waals surface area contributed by atoms with Crippen LogP contribution < -0.4 is 4.90 Å². The Kier molecular flexibility index (Phi) is 7.38. The maximum Gasteiger partial charge on any atom is 0.312 e. The van der Waals surface area contributed by atoms with E-state index in [0.29, 0.717) is 17.1 Å². The van der Waals surface area contributed by atoms with Gasteiger partial charge in [0.15, 0.2) is 0 Å². The molecule has 1 aromatic carbocycles. The van der Waals surface area contributed by atoms with Gasteiger partial charge in [0.1, 0.15) is 11.6 Å². The van der Waals surface area contributed by atoms with Gasteiger partial charge in [-0.05, 0) is 31.9 Å². The summed E-state index contributed by atoms with van der Waals surface area (Å²) >= 11 is 10.0. The molecule has 0 radical (unpaired) electrons. The number of hydrogen-bond acceptors (Lipinski definition) is 6. The Bertz CT molecular complexity index is 992. The van der Waals surface area contributed by atoms with Crippen molar-refractivity contribution in [1.82, 2.24) is 4.90 Å². The zero-order valence-corrected chi connectivity index (χ0v) is 21.2. The molecular formula is C24H28BrClN2O6. The molecule has 2 amide bonds. The third kappa shape index (κ3) is 3.86. The number of halogens is 2. The van der Waals surface area contributed by atoms with Crippen LogP contribution >= 0.6 is 27.5 Å². The van der Waals surface area contributed by atoms with E-state index in [1.54, 1.807) is 37.3 Å². The highest BCUT2D eigenvalue weighted by molar-refractivity contribution is 9.09. The van der Waals surface area contributed by atoms with E-state index >= 15 is 0 Å². The second-order valence-corrected chi connectivity index (χ2v) is 10.3. The van der Waals surface area contributed by atoms with Gasteiger partial charge in [0.2, 0.25) is 5.91 Å². The molecule has 1 spiro atoms. The van der Waals surface area contributed by atoms with E-state index in [4.69, 9.17) is 21.1 Å². The molecular weight excluding hydrogens is 528 g/mol. The van der Waals surface area contributed by atoms with Crippen molar-refractivity contribution in [3.63, 3.8) is 0 Å². The standard InChI is InChI=1S/C24H28BrClN2O6/c1-3-10-27(16-9-6-5-8-15(16)26)22(31)20-24-13-14(25)19(34-24)17(23(32)33-4-2)18(24)21(30)28(20)11-7-12-29/h3,5-6,8-9,14,17-20,29H,1,4,7,10-13H2,2H3/t14?,17-,18+,19-,20?,24?/m1/s1. The van der Waals surface area contributed by atoms with Gasteiger partial charge in [-0.25, -0.2) is 0 Å². The minimum absolute atomic E-state index is 0.144. The van der Waals surface area contributed by atoms with Crippen molar-refractivity contribution in [3.8, 4) is 0 Å². The number of esters is 1. The van der Waals surface area contributed by atoms with E-state index in [-0.39, 0.29) is 49.4 Å². The van der Waals surface area contributed by atoms with Gasteiger partial charge < -0.3 is 24.4 Å². The Balaban J connectivity index is 1.80. The molecule has 34 heavy (non-hydrogen) atoms.